The molecular formula is C19H23F3N4O4S. The Bertz CT molecular complexity index is 1020. The van der Waals surface area contributed by atoms with Gasteiger partial charge in [-0.1, -0.05) is 24.2 Å². The fourth-order valence-corrected chi connectivity index (χ4v) is 4.61. The number of halogens is 3. The van der Waals surface area contributed by atoms with Gasteiger partial charge in [-0.05, 0) is 18.6 Å². The lowest BCUT2D eigenvalue weighted by Gasteiger charge is -2.33. The van der Waals surface area contributed by atoms with Gasteiger partial charge in [-0.2, -0.15) is 18.2 Å². The van der Waals surface area contributed by atoms with Crippen LogP contribution in [0, 0.1) is 0 Å². The summed E-state index contributed by atoms with van der Waals surface area (Å²) in [6.45, 7) is 3.74. The van der Waals surface area contributed by atoms with Crippen LogP contribution in [0.5, 0.6) is 0 Å². The molecule has 1 amide bonds. The molecule has 0 unspecified atom stereocenters. The molecule has 2 aromatic rings. The maximum Gasteiger partial charge on any atom is 0.416 e. The van der Waals surface area contributed by atoms with Crippen molar-refractivity contribution in [3.05, 3.63) is 35.7 Å². The quantitative estimate of drug-likeness (QED) is 0.625. The fourth-order valence-electron chi connectivity index (χ4n) is 3.28. The molecule has 2 heterocycles. The molecule has 3 rings (SSSR count). The van der Waals surface area contributed by atoms with E-state index in [0.717, 1.165) is 12.1 Å². The highest BCUT2D eigenvalue weighted by Crippen LogP contribution is 2.31. The molecule has 1 fully saturated rings. The Morgan fingerprint density at radius 2 is 1.90 bits per heavy atom. The Balaban J connectivity index is 1.55. The Labute approximate surface area is 177 Å². The summed E-state index contributed by atoms with van der Waals surface area (Å²) in [5.41, 5.74) is -0.591. The van der Waals surface area contributed by atoms with Gasteiger partial charge in [-0.3, -0.25) is 9.69 Å². The Hall–Kier alpha value is -2.47. The van der Waals surface area contributed by atoms with Gasteiger partial charge in [0.15, 0.2) is 9.84 Å². The average Bonchev–Trinajstić information content (AvgIpc) is 3.16. The number of sulfone groups is 1. The third-order valence-corrected chi connectivity index (χ3v) is 6.58. The van der Waals surface area contributed by atoms with Gasteiger partial charge >= 0.3 is 6.18 Å². The molecule has 8 nitrogen and oxygen atoms in total. The van der Waals surface area contributed by atoms with Crippen molar-refractivity contribution < 1.29 is 30.9 Å². The van der Waals surface area contributed by atoms with E-state index in [9.17, 15) is 26.4 Å². The molecule has 0 radical (unpaired) electrons. The molecule has 31 heavy (non-hydrogen) atoms. The summed E-state index contributed by atoms with van der Waals surface area (Å²) in [6, 6.07) is 4.69. The summed E-state index contributed by atoms with van der Waals surface area (Å²) in [5.74, 6) is -0.582. The molecule has 170 valence electrons. The number of nitrogens with zero attached hydrogens (tertiary/aromatic N) is 4. The summed E-state index contributed by atoms with van der Waals surface area (Å²) in [4.78, 5) is 19.9. The van der Waals surface area contributed by atoms with Crippen molar-refractivity contribution in [1.29, 1.82) is 0 Å². The fraction of sp³-hybridized carbons (Fsp3) is 0.526. The van der Waals surface area contributed by atoms with Crippen LogP contribution in [0.1, 0.15) is 24.8 Å². The molecule has 1 aliphatic rings. The summed E-state index contributed by atoms with van der Waals surface area (Å²) >= 11 is 0. The van der Waals surface area contributed by atoms with Crippen LogP contribution in [0.3, 0.4) is 0 Å². The molecule has 1 saturated heterocycles. The maximum absolute atomic E-state index is 12.9. The van der Waals surface area contributed by atoms with Gasteiger partial charge < -0.3 is 9.42 Å². The predicted octanol–water partition coefficient (Wildman–Crippen LogP) is 2.22. The number of carbonyl (C=O) groups excluding carboxylic acids is 1. The molecule has 12 heteroatoms. The third kappa shape index (κ3) is 6.26. The Morgan fingerprint density at radius 3 is 2.55 bits per heavy atom. The summed E-state index contributed by atoms with van der Waals surface area (Å²) in [5, 5.41) is 3.76. The van der Waals surface area contributed by atoms with E-state index in [0.29, 0.717) is 32.6 Å². The lowest BCUT2D eigenvalue weighted by atomic mass is 10.1. The van der Waals surface area contributed by atoms with E-state index >= 15 is 0 Å². The van der Waals surface area contributed by atoms with E-state index < -0.39 is 33.2 Å². The maximum atomic E-state index is 12.9. The van der Waals surface area contributed by atoms with Gasteiger partial charge in [-0.15, -0.1) is 0 Å². The predicted molar refractivity (Wildman–Crippen MR) is 106 cm³/mol. The zero-order chi connectivity index (χ0) is 22.6. The van der Waals surface area contributed by atoms with Crippen molar-refractivity contribution in [2.45, 2.75) is 26.1 Å². The van der Waals surface area contributed by atoms with Gasteiger partial charge in [0.05, 0.1) is 17.9 Å². The van der Waals surface area contributed by atoms with Gasteiger partial charge in [0.1, 0.15) is 5.75 Å². The van der Waals surface area contributed by atoms with Crippen LogP contribution < -0.4 is 0 Å². The summed E-state index contributed by atoms with van der Waals surface area (Å²) in [7, 11) is -3.39. The van der Waals surface area contributed by atoms with Gasteiger partial charge in [-0.25, -0.2) is 8.42 Å². The molecule has 0 spiro atoms. The number of carbonyl (C=O) groups is 1. The second-order valence-corrected chi connectivity index (χ2v) is 9.52. The number of piperazine rings is 1. The van der Waals surface area contributed by atoms with Gasteiger partial charge in [0.25, 0.3) is 0 Å². The number of benzene rings is 1. The van der Waals surface area contributed by atoms with Crippen LogP contribution in [0.2, 0.25) is 0 Å². The Kier molecular flexibility index (Phi) is 6.99. The minimum atomic E-state index is -4.46. The topological polar surface area (TPSA) is 96.6 Å². The highest BCUT2D eigenvalue weighted by atomic mass is 32.2. The van der Waals surface area contributed by atoms with Crippen molar-refractivity contribution in [3.63, 3.8) is 0 Å². The van der Waals surface area contributed by atoms with Crippen molar-refractivity contribution in [3.8, 4) is 11.4 Å². The van der Waals surface area contributed by atoms with Crippen LogP contribution in [-0.4, -0.2) is 72.0 Å². The molecular weight excluding hydrogens is 437 g/mol. The first-order valence-corrected chi connectivity index (χ1v) is 11.6. The SMILES string of the molecule is CCCS(=O)(=O)CC(=O)N1CCN(Cc2nc(-c3cccc(C(F)(F)F)c3)no2)CC1. The number of rotatable bonds is 7. The minimum absolute atomic E-state index is 0.00984. The van der Waals surface area contributed by atoms with Gasteiger partial charge in [0.2, 0.25) is 17.6 Å². The largest absolute Gasteiger partial charge is 0.416 e. The van der Waals surface area contributed by atoms with Crippen LogP contribution in [0.15, 0.2) is 28.8 Å². The standard InChI is InChI=1S/C19H23F3N4O4S/c1-2-10-31(28,29)13-17(27)26-8-6-25(7-9-26)12-16-23-18(24-30-16)14-4-3-5-15(11-14)19(20,21)22/h3-5,11H,2,6-10,12-13H2,1H3. The smallest absolute Gasteiger partial charge is 0.339 e. The number of amides is 1. The normalized spacial score (nSPS) is 15.9. The monoisotopic (exact) mass is 460 g/mol. The van der Waals surface area contributed by atoms with Crippen molar-refractivity contribution in [1.82, 2.24) is 19.9 Å². The molecule has 0 bridgehead atoms. The van der Waals surface area contributed by atoms with E-state index in [1.54, 1.807) is 6.92 Å². The van der Waals surface area contributed by atoms with Gasteiger partial charge in [0, 0.05) is 31.7 Å². The average molecular weight is 460 g/mol. The third-order valence-electron chi connectivity index (χ3n) is 4.86. The number of hydrogen-bond donors (Lipinski definition) is 0. The van der Waals surface area contributed by atoms with E-state index in [-0.39, 0.29) is 29.6 Å². The second kappa shape index (κ2) is 9.35. The Morgan fingerprint density at radius 1 is 1.19 bits per heavy atom. The zero-order valence-electron chi connectivity index (χ0n) is 16.9. The van der Waals surface area contributed by atoms with Crippen molar-refractivity contribution >= 4 is 15.7 Å². The van der Waals surface area contributed by atoms with E-state index in [4.69, 9.17) is 4.52 Å². The molecule has 1 aromatic heterocycles. The van der Waals surface area contributed by atoms with Crippen LogP contribution >= 0.6 is 0 Å². The molecule has 0 aliphatic carbocycles. The zero-order valence-corrected chi connectivity index (χ0v) is 17.7. The van der Waals surface area contributed by atoms with Crippen LogP contribution in [-0.2, 0) is 27.4 Å². The van der Waals surface area contributed by atoms with E-state index in [1.807, 2.05) is 4.90 Å². The van der Waals surface area contributed by atoms with Crippen molar-refractivity contribution in [2.75, 3.05) is 37.7 Å². The first kappa shape index (κ1) is 23.2. The first-order chi connectivity index (χ1) is 14.6. The highest BCUT2D eigenvalue weighted by Gasteiger charge is 2.31. The molecule has 0 saturated carbocycles. The molecule has 0 atom stereocenters. The van der Waals surface area contributed by atoms with Crippen LogP contribution in [0.4, 0.5) is 13.2 Å². The minimum Gasteiger partial charge on any atom is -0.339 e. The number of alkyl halides is 3. The lowest BCUT2D eigenvalue weighted by Crippen LogP contribution is -2.49. The second-order valence-electron chi connectivity index (χ2n) is 7.34. The number of hydrogen-bond acceptors (Lipinski definition) is 7. The van der Waals surface area contributed by atoms with E-state index in [2.05, 4.69) is 10.1 Å². The summed E-state index contributed by atoms with van der Waals surface area (Å²) in [6.07, 6.45) is -3.99. The first-order valence-electron chi connectivity index (χ1n) is 9.78. The molecule has 1 aliphatic heterocycles. The highest BCUT2D eigenvalue weighted by molar-refractivity contribution is 7.92. The van der Waals surface area contributed by atoms with Crippen LogP contribution in [0.25, 0.3) is 11.4 Å². The lowest BCUT2D eigenvalue weighted by molar-refractivity contribution is -0.137. The molecule has 0 N–H and O–H groups in total. The molecule has 1 aromatic carbocycles. The van der Waals surface area contributed by atoms with E-state index in [1.165, 1.54) is 17.0 Å². The summed E-state index contributed by atoms with van der Waals surface area (Å²) < 4.78 is 67.5. The number of aromatic nitrogens is 2. The van der Waals surface area contributed by atoms with Crippen molar-refractivity contribution in [2.24, 2.45) is 0 Å².